The minimum absolute atomic E-state index is 0.171. The summed E-state index contributed by atoms with van der Waals surface area (Å²) in [5.74, 6) is 0. The van der Waals surface area contributed by atoms with Gasteiger partial charge < -0.3 is 15.6 Å². The van der Waals surface area contributed by atoms with Gasteiger partial charge in [-0.2, -0.15) is 13.2 Å². The van der Waals surface area contributed by atoms with Crippen LogP contribution < -0.4 is 5.73 Å². The molecule has 1 aromatic rings. The summed E-state index contributed by atoms with van der Waals surface area (Å²) in [5.41, 5.74) is 4.44. The van der Waals surface area contributed by atoms with Crippen molar-refractivity contribution in [3.05, 3.63) is 35.4 Å². The Kier molecular flexibility index (Phi) is 3.85. The Morgan fingerprint density at radius 3 is 2.68 bits per heavy atom. The Balaban J connectivity index is 2.31. The molecule has 6 heteroatoms. The zero-order valence-corrected chi connectivity index (χ0v) is 10.3. The van der Waals surface area contributed by atoms with E-state index < -0.39 is 23.3 Å². The molecule has 2 unspecified atom stereocenters. The second-order valence-corrected chi connectivity index (χ2v) is 4.89. The number of hydrogen-bond donors (Lipinski definition) is 2. The zero-order chi connectivity index (χ0) is 14.1. The number of benzene rings is 1. The molecule has 1 aliphatic rings. The fraction of sp³-hybridized carbons (Fsp3) is 0.538. The fourth-order valence-electron chi connectivity index (χ4n) is 2.35. The van der Waals surface area contributed by atoms with E-state index in [1.54, 1.807) is 0 Å². The molecule has 0 saturated carbocycles. The molecule has 0 aromatic heterocycles. The largest absolute Gasteiger partial charge is 0.416 e. The molecule has 19 heavy (non-hydrogen) atoms. The lowest BCUT2D eigenvalue weighted by atomic mass is 9.78. The molecule has 1 aromatic carbocycles. The highest BCUT2D eigenvalue weighted by molar-refractivity contribution is 5.28. The van der Waals surface area contributed by atoms with Crippen LogP contribution >= 0.6 is 0 Å². The van der Waals surface area contributed by atoms with E-state index in [0.29, 0.717) is 13.0 Å². The summed E-state index contributed by atoms with van der Waals surface area (Å²) in [7, 11) is 0. The predicted molar refractivity (Wildman–Crippen MR) is 63.3 cm³/mol. The number of nitrogens with two attached hydrogens (primary N) is 1. The topological polar surface area (TPSA) is 55.5 Å². The first-order chi connectivity index (χ1) is 8.89. The number of alkyl halides is 3. The minimum Gasteiger partial charge on any atom is -0.388 e. The Hall–Kier alpha value is -1.11. The summed E-state index contributed by atoms with van der Waals surface area (Å²) in [4.78, 5) is 0. The third kappa shape index (κ3) is 2.75. The molecule has 1 aliphatic heterocycles. The molecule has 2 rings (SSSR count). The Labute approximate surface area is 109 Å². The monoisotopic (exact) mass is 275 g/mol. The van der Waals surface area contributed by atoms with E-state index in [0.717, 1.165) is 12.1 Å². The van der Waals surface area contributed by atoms with Crippen LogP contribution in [0.3, 0.4) is 0 Å². The zero-order valence-electron chi connectivity index (χ0n) is 10.3. The standard InChI is InChI=1S/C13H16F3NO2/c14-13(15,16)10-3-1-2-9(6-10)11(18)12(7-17)4-5-19-8-12/h1-3,6,11,18H,4-5,7-8,17H2. The number of rotatable bonds is 3. The second-order valence-electron chi connectivity index (χ2n) is 4.89. The van der Waals surface area contributed by atoms with Gasteiger partial charge in [-0.15, -0.1) is 0 Å². The molecule has 0 bridgehead atoms. The van der Waals surface area contributed by atoms with Gasteiger partial charge in [0, 0.05) is 18.6 Å². The van der Waals surface area contributed by atoms with E-state index in [-0.39, 0.29) is 18.7 Å². The Morgan fingerprint density at radius 1 is 1.42 bits per heavy atom. The highest BCUT2D eigenvalue weighted by Gasteiger charge is 2.42. The van der Waals surface area contributed by atoms with Crippen LogP contribution in [-0.2, 0) is 10.9 Å². The van der Waals surface area contributed by atoms with Gasteiger partial charge in [0.2, 0.25) is 0 Å². The average Bonchev–Trinajstić information content (AvgIpc) is 2.87. The first kappa shape index (κ1) is 14.3. The maximum atomic E-state index is 12.7. The molecule has 1 saturated heterocycles. The molecule has 0 aliphatic carbocycles. The van der Waals surface area contributed by atoms with Gasteiger partial charge in [0.05, 0.1) is 18.3 Å². The van der Waals surface area contributed by atoms with Gasteiger partial charge in [0.15, 0.2) is 0 Å². The number of hydrogen-bond acceptors (Lipinski definition) is 3. The average molecular weight is 275 g/mol. The van der Waals surface area contributed by atoms with Gasteiger partial charge in [-0.3, -0.25) is 0 Å². The molecule has 0 amide bonds. The second kappa shape index (κ2) is 5.11. The van der Waals surface area contributed by atoms with Crippen molar-refractivity contribution in [2.45, 2.75) is 18.7 Å². The SMILES string of the molecule is NCC1(C(O)c2cccc(C(F)(F)F)c2)CCOC1. The summed E-state index contributed by atoms with van der Waals surface area (Å²) in [6.45, 7) is 0.901. The van der Waals surface area contributed by atoms with Crippen LogP contribution in [0.15, 0.2) is 24.3 Å². The van der Waals surface area contributed by atoms with Crippen molar-refractivity contribution in [2.24, 2.45) is 11.1 Å². The van der Waals surface area contributed by atoms with E-state index in [2.05, 4.69) is 0 Å². The maximum Gasteiger partial charge on any atom is 0.416 e. The van der Waals surface area contributed by atoms with Gasteiger partial charge >= 0.3 is 6.18 Å². The lowest BCUT2D eigenvalue weighted by Gasteiger charge is -2.31. The molecule has 3 nitrogen and oxygen atoms in total. The van der Waals surface area contributed by atoms with Gasteiger partial charge in [-0.05, 0) is 24.1 Å². The number of ether oxygens (including phenoxy) is 1. The Bertz CT molecular complexity index is 442. The number of halogens is 3. The van der Waals surface area contributed by atoms with E-state index >= 15 is 0 Å². The lowest BCUT2D eigenvalue weighted by molar-refractivity contribution is -0.137. The van der Waals surface area contributed by atoms with Crippen LogP contribution in [-0.4, -0.2) is 24.9 Å². The first-order valence-electron chi connectivity index (χ1n) is 6.02. The van der Waals surface area contributed by atoms with Gasteiger partial charge in [-0.1, -0.05) is 12.1 Å². The van der Waals surface area contributed by atoms with Crippen LogP contribution in [0.4, 0.5) is 13.2 Å². The molecule has 1 fully saturated rings. The summed E-state index contributed by atoms with van der Waals surface area (Å²) in [6, 6.07) is 4.73. The maximum absolute atomic E-state index is 12.7. The van der Waals surface area contributed by atoms with Crippen LogP contribution in [0.25, 0.3) is 0 Å². The molecular formula is C13H16F3NO2. The summed E-state index contributed by atoms with van der Waals surface area (Å²) >= 11 is 0. The summed E-state index contributed by atoms with van der Waals surface area (Å²) in [5, 5.41) is 10.3. The van der Waals surface area contributed by atoms with Crippen molar-refractivity contribution in [1.82, 2.24) is 0 Å². The highest BCUT2D eigenvalue weighted by atomic mass is 19.4. The van der Waals surface area contributed by atoms with Crippen LogP contribution in [0.1, 0.15) is 23.7 Å². The molecule has 106 valence electrons. The highest BCUT2D eigenvalue weighted by Crippen LogP contribution is 2.41. The first-order valence-corrected chi connectivity index (χ1v) is 6.02. The van der Waals surface area contributed by atoms with E-state index in [1.165, 1.54) is 12.1 Å². The van der Waals surface area contributed by atoms with E-state index in [9.17, 15) is 18.3 Å². The minimum atomic E-state index is -4.42. The van der Waals surface area contributed by atoms with Crippen LogP contribution in [0.5, 0.6) is 0 Å². The Morgan fingerprint density at radius 2 is 2.16 bits per heavy atom. The quantitative estimate of drug-likeness (QED) is 0.888. The molecule has 2 atom stereocenters. The fourth-order valence-corrected chi connectivity index (χ4v) is 2.35. The van der Waals surface area contributed by atoms with Crippen molar-refractivity contribution < 1.29 is 23.0 Å². The third-order valence-corrected chi connectivity index (χ3v) is 3.65. The number of aliphatic hydroxyl groups is 1. The molecule has 0 spiro atoms. The van der Waals surface area contributed by atoms with Crippen LogP contribution in [0.2, 0.25) is 0 Å². The van der Waals surface area contributed by atoms with Gasteiger partial charge in [0.25, 0.3) is 0 Å². The third-order valence-electron chi connectivity index (χ3n) is 3.65. The van der Waals surface area contributed by atoms with Crippen molar-refractivity contribution in [1.29, 1.82) is 0 Å². The van der Waals surface area contributed by atoms with Crippen molar-refractivity contribution in [2.75, 3.05) is 19.8 Å². The van der Waals surface area contributed by atoms with Gasteiger partial charge in [-0.25, -0.2) is 0 Å². The molecule has 0 radical (unpaired) electrons. The van der Waals surface area contributed by atoms with E-state index in [1.807, 2.05) is 0 Å². The molecule has 1 heterocycles. The van der Waals surface area contributed by atoms with E-state index in [4.69, 9.17) is 10.5 Å². The van der Waals surface area contributed by atoms with Crippen LogP contribution in [0, 0.1) is 5.41 Å². The normalized spacial score (nSPS) is 25.5. The van der Waals surface area contributed by atoms with Crippen molar-refractivity contribution in [3.63, 3.8) is 0 Å². The van der Waals surface area contributed by atoms with Crippen molar-refractivity contribution in [3.8, 4) is 0 Å². The van der Waals surface area contributed by atoms with Gasteiger partial charge in [0.1, 0.15) is 0 Å². The molecule has 3 N–H and O–H groups in total. The smallest absolute Gasteiger partial charge is 0.388 e. The summed E-state index contributed by atoms with van der Waals surface area (Å²) in [6.07, 6.45) is -4.93. The number of aliphatic hydroxyl groups excluding tert-OH is 1. The van der Waals surface area contributed by atoms with Crippen molar-refractivity contribution >= 4 is 0 Å². The summed E-state index contributed by atoms with van der Waals surface area (Å²) < 4.78 is 43.2. The predicted octanol–water partition coefficient (Wildman–Crippen LogP) is 2.10. The molecular weight excluding hydrogens is 259 g/mol. The lowest BCUT2D eigenvalue weighted by Crippen LogP contribution is -2.37.